The fourth-order valence-corrected chi connectivity index (χ4v) is 3.49. The molecule has 158 valence electrons. The number of rotatable bonds is 4. The smallest absolute Gasteiger partial charge is 1.00 e. The Hall–Kier alpha value is -2.59. The number of benzene rings is 3. The van der Waals surface area contributed by atoms with Crippen LogP contribution in [0.25, 0.3) is 0 Å². The van der Waals surface area contributed by atoms with Gasteiger partial charge < -0.3 is 26.6 Å². The van der Waals surface area contributed by atoms with E-state index >= 15 is 0 Å². The zero-order valence-corrected chi connectivity index (χ0v) is 18.2. The minimum Gasteiger partial charge on any atom is -1.00 e. The summed E-state index contributed by atoms with van der Waals surface area (Å²) in [6.45, 7) is 0. The number of carbonyl (C=O) groups excluding carboxylic acids is 1. The maximum Gasteiger partial charge on any atom is 1.00 e. The van der Waals surface area contributed by atoms with E-state index in [0.29, 0.717) is 5.75 Å². The van der Waals surface area contributed by atoms with Crippen molar-refractivity contribution in [2.75, 3.05) is 14.1 Å². The third-order valence-electron chi connectivity index (χ3n) is 4.86. The number of amides is 1. The van der Waals surface area contributed by atoms with Gasteiger partial charge in [-0.1, -0.05) is 78.4 Å². The van der Waals surface area contributed by atoms with Crippen LogP contribution < -0.4 is 17.1 Å². The second-order valence-electron chi connectivity index (χ2n) is 6.71. The molecular formula is C24H22ClCuN2O2. The Morgan fingerprint density at radius 2 is 1.60 bits per heavy atom. The predicted octanol–water partition coefficient (Wildman–Crippen LogP) is 1.88. The molecule has 1 heterocycles. The maximum absolute atomic E-state index is 13.0. The second-order valence-corrected chi connectivity index (χ2v) is 6.71. The Balaban J connectivity index is 0.00000171. The van der Waals surface area contributed by atoms with E-state index < -0.39 is 18.0 Å². The van der Waals surface area contributed by atoms with Crippen LogP contribution in [-0.4, -0.2) is 35.9 Å². The van der Waals surface area contributed by atoms with E-state index in [0.717, 1.165) is 16.8 Å². The van der Waals surface area contributed by atoms with E-state index in [1.165, 1.54) is 4.90 Å². The number of nitrogens with zero attached hydrogens (tertiary/aromatic N) is 2. The van der Waals surface area contributed by atoms with E-state index in [1.807, 2.05) is 84.4 Å². The largest absolute Gasteiger partial charge is 1.00 e. The van der Waals surface area contributed by atoms with Crippen molar-refractivity contribution in [1.29, 1.82) is 0 Å². The van der Waals surface area contributed by atoms with Gasteiger partial charge in [0.05, 0.1) is 11.7 Å². The third kappa shape index (κ3) is 4.76. The van der Waals surface area contributed by atoms with Crippen LogP contribution >= 0.6 is 0 Å². The number of hydrogen-bond acceptors (Lipinski definition) is 2. The summed E-state index contributed by atoms with van der Waals surface area (Å²) in [6, 6.07) is 25.7. The van der Waals surface area contributed by atoms with Crippen molar-refractivity contribution < 1.29 is 45.0 Å². The summed E-state index contributed by atoms with van der Waals surface area (Å²) in [5, 5.41) is 0. The maximum atomic E-state index is 13.0. The first kappa shape index (κ1) is 22.1. The summed E-state index contributed by atoms with van der Waals surface area (Å²) in [4.78, 5) is 14.5. The monoisotopic (exact) mass is 469 g/mol. The van der Waals surface area contributed by atoms with Crippen molar-refractivity contribution in [3.63, 3.8) is 0 Å². The van der Waals surface area contributed by atoms with Gasteiger partial charge in [-0.15, -0.1) is 0 Å². The summed E-state index contributed by atoms with van der Waals surface area (Å²) in [5.74, 6) is -0.816. The average molecular weight is 470 g/mol. The zero-order valence-electron chi connectivity index (χ0n) is 17.6. The molecule has 4 nitrogen and oxygen atoms in total. The molecule has 30 heavy (non-hydrogen) atoms. The number of likely N-dealkylation sites (N-methyl/N-ethyl adjacent to an activating group) is 1. The molecule has 0 saturated carbocycles. The molecule has 2 unspecified atom stereocenters. The number of hydrogen-bond donors (Lipinski definition) is 0. The topological polar surface area (TPSA) is 32.6 Å². The average Bonchev–Trinajstić information content (AvgIpc) is 3.00. The number of fused-ring (bicyclic) bond motifs is 1. The summed E-state index contributed by atoms with van der Waals surface area (Å²) in [6.07, 6.45) is 2.72. The van der Waals surface area contributed by atoms with Crippen molar-refractivity contribution in [1.82, 2.24) is 4.90 Å². The number of halogens is 1. The van der Waals surface area contributed by atoms with Crippen LogP contribution in [-0.2, 0) is 17.1 Å². The number of para-hydroxylation sites is 2. The Morgan fingerprint density at radius 3 is 2.27 bits per heavy atom. The van der Waals surface area contributed by atoms with Gasteiger partial charge in [-0.3, -0.25) is 0 Å². The second kappa shape index (κ2) is 10.4. The van der Waals surface area contributed by atoms with Gasteiger partial charge >= 0.3 is 23.2 Å². The minimum atomic E-state index is -1.28. The van der Waals surface area contributed by atoms with E-state index in [1.54, 1.807) is 19.2 Å². The molecule has 6 heteroatoms. The number of carbonyl (C=O) groups is 1. The van der Waals surface area contributed by atoms with Gasteiger partial charge in [0.25, 0.3) is 0 Å². The Bertz CT molecular complexity index is 1070. The van der Waals surface area contributed by atoms with Crippen molar-refractivity contribution in [2.45, 2.75) is 11.9 Å². The molecule has 0 aromatic heterocycles. The fraction of sp³-hybridized carbons (Fsp3) is 0.167. The summed E-state index contributed by atoms with van der Waals surface area (Å²) in [5.41, 5.74) is 2.55. The van der Waals surface area contributed by atoms with Crippen molar-refractivity contribution in [3.05, 3.63) is 96.1 Å². The molecule has 1 amide bonds. The van der Waals surface area contributed by atoms with Crippen LogP contribution in [0.4, 0.5) is 10.5 Å². The van der Waals surface area contributed by atoms with Crippen LogP contribution in [0.2, 0.25) is 0 Å². The van der Waals surface area contributed by atoms with Crippen molar-refractivity contribution in [3.8, 4) is 5.75 Å². The Labute approximate surface area is 195 Å². The normalized spacial score (nSPS) is 17.9. The van der Waals surface area contributed by atoms with Gasteiger partial charge in [-0.2, -0.15) is 0 Å². The van der Waals surface area contributed by atoms with Crippen molar-refractivity contribution >= 4 is 18.0 Å². The zero-order chi connectivity index (χ0) is 20.4. The first-order valence-electron chi connectivity index (χ1n) is 9.66. The molecular weight excluding hydrogens is 447 g/mol. The van der Waals surface area contributed by atoms with Crippen LogP contribution in [0.15, 0.2) is 84.9 Å². The van der Waals surface area contributed by atoms with Gasteiger partial charge in [0.15, 0.2) is 0 Å². The summed E-state index contributed by atoms with van der Waals surface area (Å²) in [7, 11) is 3.54. The minimum absolute atomic E-state index is 0. The molecule has 0 saturated heterocycles. The van der Waals surface area contributed by atoms with Crippen LogP contribution in [0.1, 0.15) is 24.4 Å². The molecule has 0 N–H and O–H groups in total. The van der Waals surface area contributed by atoms with E-state index in [2.05, 4.69) is 6.21 Å². The summed E-state index contributed by atoms with van der Waals surface area (Å²) < 4.78 is 16.8. The molecule has 1 aliphatic rings. The molecule has 0 aliphatic carbocycles. The van der Waals surface area contributed by atoms with Gasteiger partial charge in [0.1, 0.15) is 12.8 Å². The molecule has 0 spiro atoms. The van der Waals surface area contributed by atoms with E-state index in [-0.39, 0.29) is 29.5 Å². The molecule has 4 rings (SSSR count). The molecule has 0 bridgehead atoms. The van der Waals surface area contributed by atoms with Gasteiger partial charge in [0, 0.05) is 20.5 Å². The van der Waals surface area contributed by atoms with E-state index in [9.17, 15) is 6.17 Å². The van der Waals surface area contributed by atoms with Crippen LogP contribution in [0.5, 0.6) is 5.75 Å². The molecule has 0 fully saturated rings. The molecule has 3 aromatic carbocycles. The Kier molecular flexibility index (Phi) is 7.69. The van der Waals surface area contributed by atoms with Crippen molar-refractivity contribution in [2.24, 2.45) is 0 Å². The van der Waals surface area contributed by atoms with E-state index in [4.69, 9.17) is 4.74 Å². The fourth-order valence-electron chi connectivity index (χ4n) is 3.49. The van der Waals surface area contributed by atoms with Gasteiger partial charge in [-0.05, 0) is 17.7 Å². The quantitative estimate of drug-likeness (QED) is 0.332. The third-order valence-corrected chi connectivity index (χ3v) is 4.86. The SMILES string of the molecule is [2H]C1(C(c2ccccc2)N(C)C(=O)Oc2ccccc2)[C-]=[N+](C)c2ccccc21.[Cl-].[Cu+]. The standard InChI is InChI=1S/C24H22N2O2.ClH.Cu/c1-25-17-21(20-15-9-10-16-22(20)25)23(18-11-5-3-6-12-18)26(2)24(27)28-19-13-7-4-8-14-19;;/h3-16,21,23H,1-2H3;1H;/q;;+1/p-1/i21D;;. The Morgan fingerprint density at radius 1 is 1.03 bits per heavy atom. The molecule has 1 aliphatic heterocycles. The molecule has 0 radical (unpaired) electrons. The van der Waals surface area contributed by atoms with Gasteiger partial charge in [0.2, 0.25) is 0 Å². The van der Waals surface area contributed by atoms with Crippen LogP contribution in [0.3, 0.4) is 0 Å². The first-order valence-corrected chi connectivity index (χ1v) is 9.16. The molecule has 2 atom stereocenters. The predicted molar refractivity (Wildman–Crippen MR) is 109 cm³/mol. The number of ether oxygens (including phenoxy) is 1. The van der Waals surface area contributed by atoms with Gasteiger partial charge in [-0.25, -0.2) is 4.79 Å². The molecule has 3 aromatic rings. The van der Waals surface area contributed by atoms with Crippen LogP contribution in [0, 0.1) is 0 Å². The summed E-state index contributed by atoms with van der Waals surface area (Å²) >= 11 is 0. The first-order chi connectivity index (χ1) is 14.0.